The molecule has 1 saturated heterocycles. The standard InChI is InChI=1S/C22H24FN5O2/c1-4-10-24-21-25-11-9-16(26-21)18-17(14-5-7-15(23)8-6-14)27-19(28-18)20-29-12-22(2,3)13-30-20/h4-9,11,20H,1,10,12-13H2,2-3H3,(H,27,28)(H,24,25,26). The van der Waals surface area contributed by atoms with Crippen molar-refractivity contribution in [1.29, 1.82) is 0 Å². The molecule has 0 spiro atoms. The fourth-order valence-electron chi connectivity index (χ4n) is 3.10. The predicted octanol–water partition coefficient (Wildman–Crippen LogP) is 4.34. The molecule has 8 heteroatoms. The summed E-state index contributed by atoms with van der Waals surface area (Å²) < 4.78 is 25.2. The molecule has 2 aromatic heterocycles. The number of hydrogen-bond acceptors (Lipinski definition) is 6. The van der Waals surface area contributed by atoms with Crippen molar-refractivity contribution in [3.05, 3.63) is 60.8 Å². The number of ether oxygens (including phenoxy) is 2. The second-order valence-corrected chi connectivity index (χ2v) is 7.91. The highest BCUT2D eigenvalue weighted by Gasteiger charge is 2.32. The molecule has 0 saturated carbocycles. The lowest BCUT2D eigenvalue weighted by molar-refractivity contribution is -0.229. The Morgan fingerprint density at radius 2 is 1.93 bits per heavy atom. The summed E-state index contributed by atoms with van der Waals surface area (Å²) in [7, 11) is 0. The molecule has 7 nitrogen and oxygen atoms in total. The number of hydrogen-bond donors (Lipinski definition) is 2. The van der Waals surface area contributed by atoms with Crippen molar-refractivity contribution in [3.8, 4) is 22.6 Å². The van der Waals surface area contributed by atoms with Crippen LogP contribution in [0.3, 0.4) is 0 Å². The van der Waals surface area contributed by atoms with Crippen LogP contribution in [-0.2, 0) is 9.47 Å². The first-order chi connectivity index (χ1) is 14.4. The van der Waals surface area contributed by atoms with E-state index < -0.39 is 6.29 Å². The Labute approximate surface area is 174 Å². The van der Waals surface area contributed by atoms with Gasteiger partial charge in [0.25, 0.3) is 0 Å². The van der Waals surface area contributed by atoms with Crippen LogP contribution in [0.2, 0.25) is 0 Å². The highest BCUT2D eigenvalue weighted by atomic mass is 19.1. The fraction of sp³-hybridized carbons (Fsp3) is 0.318. The number of benzene rings is 1. The van der Waals surface area contributed by atoms with Crippen LogP contribution in [0.25, 0.3) is 22.6 Å². The maximum atomic E-state index is 13.5. The molecular weight excluding hydrogens is 385 g/mol. The zero-order valence-electron chi connectivity index (χ0n) is 17.0. The summed E-state index contributed by atoms with van der Waals surface area (Å²) in [6.45, 7) is 9.52. The summed E-state index contributed by atoms with van der Waals surface area (Å²) in [4.78, 5) is 16.8. The molecule has 1 aliphatic heterocycles. The first-order valence-electron chi connectivity index (χ1n) is 9.72. The lowest BCUT2D eigenvalue weighted by Gasteiger charge is -2.33. The number of H-pyrrole nitrogens is 1. The van der Waals surface area contributed by atoms with Crippen molar-refractivity contribution < 1.29 is 13.9 Å². The van der Waals surface area contributed by atoms with Crippen LogP contribution in [0.15, 0.2) is 49.2 Å². The maximum Gasteiger partial charge on any atom is 0.223 e. The zero-order chi connectivity index (χ0) is 21.1. The molecule has 0 atom stereocenters. The van der Waals surface area contributed by atoms with Crippen LogP contribution in [0.4, 0.5) is 10.3 Å². The molecule has 1 fully saturated rings. The molecule has 0 radical (unpaired) electrons. The van der Waals surface area contributed by atoms with Crippen molar-refractivity contribution in [2.75, 3.05) is 25.1 Å². The van der Waals surface area contributed by atoms with Crippen LogP contribution < -0.4 is 5.32 Å². The molecule has 1 aromatic carbocycles. The van der Waals surface area contributed by atoms with Crippen molar-refractivity contribution in [2.24, 2.45) is 5.41 Å². The first kappa shape index (κ1) is 20.2. The Kier molecular flexibility index (Phi) is 5.61. The second-order valence-electron chi connectivity index (χ2n) is 7.91. The Hall–Kier alpha value is -3.10. The molecule has 4 rings (SSSR count). The Balaban J connectivity index is 1.73. The van der Waals surface area contributed by atoms with Crippen LogP contribution >= 0.6 is 0 Å². The molecule has 30 heavy (non-hydrogen) atoms. The minimum Gasteiger partial charge on any atom is -0.351 e. The van der Waals surface area contributed by atoms with Gasteiger partial charge in [0.1, 0.15) is 5.82 Å². The van der Waals surface area contributed by atoms with E-state index in [1.807, 2.05) is 0 Å². The predicted molar refractivity (Wildman–Crippen MR) is 112 cm³/mol. The molecule has 2 N–H and O–H groups in total. The SMILES string of the molecule is C=CCNc1nccc(-c2[nH]c(C3OCC(C)(C)CO3)nc2-c2ccc(F)cc2)n1. The van der Waals surface area contributed by atoms with Gasteiger partial charge in [-0.3, -0.25) is 0 Å². The largest absolute Gasteiger partial charge is 0.351 e. The summed E-state index contributed by atoms with van der Waals surface area (Å²) in [6.07, 6.45) is 2.79. The summed E-state index contributed by atoms with van der Waals surface area (Å²) in [6, 6.07) is 7.96. The quantitative estimate of drug-likeness (QED) is 0.589. The zero-order valence-corrected chi connectivity index (χ0v) is 17.0. The summed E-state index contributed by atoms with van der Waals surface area (Å²) in [5.74, 6) is 0.703. The highest BCUT2D eigenvalue weighted by Crippen LogP contribution is 2.35. The van der Waals surface area contributed by atoms with Gasteiger partial charge in [0.2, 0.25) is 12.2 Å². The van der Waals surface area contributed by atoms with Crippen molar-refractivity contribution in [3.63, 3.8) is 0 Å². The van der Waals surface area contributed by atoms with E-state index in [2.05, 4.69) is 40.7 Å². The van der Waals surface area contributed by atoms with E-state index in [0.717, 1.165) is 5.56 Å². The van der Waals surface area contributed by atoms with Crippen molar-refractivity contribution in [2.45, 2.75) is 20.1 Å². The topological polar surface area (TPSA) is 85.0 Å². The number of imidazole rings is 1. The van der Waals surface area contributed by atoms with Gasteiger partial charge in [-0.2, -0.15) is 0 Å². The van der Waals surface area contributed by atoms with Crippen LogP contribution in [0.1, 0.15) is 26.0 Å². The summed E-state index contributed by atoms with van der Waals surface area (Å²) >= 11 is 0. The van der Waals surface area contributed by atoms with Crippen molar-refractivity contribution in [1.82, 2.24) is 19.9 Å². The van der Waals surface area contributed by atoms with Gasteiger partial charge in [-0.25, -0.2) is 19.3 Å². The molecule has 3 aromatic rings. The minimum absolute atomic E-state index is 0.0515. The number of anilines is 1. The van der Waals surface area contributed by atoms with Gasteiger partial charge < -0.3 is 19.8 Å². The van der Waals surface area contributed by atoms with Gasteiger partial charge in [0.05, 0.1) is 30.3 Å². The van der Waals surface area contributed by atoms with Crippen molar-refractivity contribution >= 4 is 5.95 Å². The lowest BCUT2D eigenvalue weighted by Crippen LogP contribution is -2.34. The number of nitrogens with one attached hydrogen (secondary N) is 2. The van der Waals surface area contributed by atoms with E-state index in [1.54, 1.807) is 30.5 Å². The lowest BCUT2D eigenvalue weighted by atomic mass is 9.96. The molecule has 1 aliphatic rings. The molecule has 156 valence electrons. The van der Waals surface area contributed by atoms with Gasteiger partial charge in [-0.1, -0.05) is 19.9 Å². The van der Waals surface area contributed by atoms with Gasteiger partial charge >= 0.3 is 0 Å². The molecule has 0 amide bonds. The Bertz CT molecular complexity index is 1020. The third kappa shape index (κ3) is 4.39. The highest BCUT2D eigenvalue weighted by molar-refractivity contribution is 5.77. The fourth-order valence-corrected chi connectivity index (χ4v) is 3.10. The summed E-state index contributed by atoms with van der Waals surface area (Å²) in [5.41, 5.74) is 2.66. The number of rotatable bonds is 6. The molecule has 0 bridgehead atoms. The number of nitrogens with zero attached hydrogens (tertiary/aromatic N) is 3. The van der Waals surface area contributed by atoms with Crippen LogP contribution in [0.5, 0.6) is 0 Å². The number of aromatic nitrogens is 4. The average Bonchev–Trinajstić information content (AvgIpc) is 3.18. The Morgan fingerprint density at radius 1 is 1.20 bits per heavy atom. The first-order valence-corrected chi connectivity index (χ1v) is 9.72. The second kappa shape index (κ2) is 8.33. The molecule has 0 unspecified atom stereocenters. The normalized spacial score (nSPS) is 16.4. The maximum absolute atomic E-state index is 13.5. The molecule has 0 aliphatic carbocycles. The molecular formula is C22H24FN5O2. The minimum atomic E-state index is -0.605. The monoisotopic (exact) mass is 409 g/mol. The number of aromatic amines is 1. The van der Waals surface area contributed by atoms with E-state index >= 15 is 0 Å². The van der Waals surface area contributed by atoms with E-state index in [0.29, 0.717) is 48.6 Å². The third-order valence-electron chi connectivity index (χ3n) is 4.63. The smallest absolute Gasteiger partial charge is 0.223 e. The van der Waals surface area contributed by atoms with E-state index in [9.17, 15) is 4.39 Å². The van der Waals surface area contributed by atoms with Crippen LogP contribution in [0, 0.1) is 11.2 Å². The molecule has 3 heterocycles. The van der Waals surface area contributed by atoms with Gasteiger partial charge in [-0.05, 0) is 30.3 Å². The van der Waals surface area contributed by atoms with E-state index in [-0.39, 0.29) is 11.2 Å². The van der Waals surface area contributed by atoms with Gasteiger partial charge in [0.15, 0.2) is 5.82 Å². The number of halogens is 1. The summed E-state index contributed by atoms with van der Waals surface area (Å²) in [5, 5.41) is 3.08. The Morgan fingerprint density at radius 3 is 2.63 bits per heavy atom. The van der Waals surface area contributed by atoms with Crippen LogP contribution in [-0.4, -0.2) is 39.7 Å². The third-order valence-corrected chi connectivity index (χ3v) is 4.63. The van der Waals surface area contributed by atoms with Gasteiger partial charge in [-0.15, -0.1) is 6.58 Å². The van der Waals surface area contributed by atoms with E-state index in [1.165, 1.54) is 12.1 Å². The average molecular weight is 409 g/mol. The van der Waals surface area contributed by atoms with E-state index in [4.69, 9.17) is 14.5 Å². The van der Waals surface area contributed by atoms with Gasteiger partial charge in [0, 0.05) is 23.7 Å².